The molecule has 0 bridgehead atoms. The molecule has 276 valence electrons. The van der Waals surface area contributed by atoms with Crippen LogP contribution in [0.15, 0.2) is 249 Å². The van der Waals surface area contributed by atoms with Crippen LogP contribution in [0.3, 0.4) is 0 Å². The zero-order chi connectivity index (χ0) is 38.9. The van der Waals surface area contributed by atoms with E-state index >= 15 is 0 Å². The van der Waals surface area contributed by atoms with Gasteiger partial charge < -0.3 is 9.80 Å². The molecule has 0 heterocycles. The van der Waals surface area contributed by atoms with Crippen LogP contribution in [0, 0.1) is 0 Å². The molecule has 0 atom stereocenters. The fraction of sp³-hybridized carbons (Fsp3) is 0. The molecule has 0 aromatic heterocycles. The van der Waals surface area contributed by atoms with Crippen LogP contribution >= 0.6 is 0 Å². The average molecular weight is 743 g/mol. The van der Waals surface area contributed by atoms with Gasteiger partial charge in [-0.2, -0.15) is 0 Å². The highest BCUT2D eigenvalue weighted by Crippen LogP contribution is 2.43. The molecule has 0 saturated heterocycles. The van der Waals surface area contributed by atoms with E-state index in [9.17, 15) is 0 Å². The van der Waals surface area contributed by atoms with Crippen molar-refractivity contribution >= 4 is 45.3 Å². The molecular formula is C56H42N2. The van der Waals surface area contributed by atoms with Crippen LogP contribution in [0.4, 0.5) is 28.4 Å². The van der Waals surface area contributed by atoms with Crippen LogP contribution in [0.25, 0.3) is 50.2 Å². The van der Waals surface area contributed by atoms with Crippen molar-refractivity contribution in [3.8, 4) is 33.4 Å². The Morgan fingerprint density at radius 3 is 1.55 bits per heavy atom. The van der Waals surface area contributed by atoms with Gasteiger partial charge in [-0.1, -0.05) is 188 Å². The second-order valence-electron chi connectivity index (χ2n) is 14.2. The van der Waals surface area contributed by atoms with Crippen LogP contribution < -0.4 is 9.80 Å². The normalized spacial score (nSPS) is 11.3. The van der Waals surface area contributed by atoms with Gasteiger partial charge in [0.2, 0.25) is 0 Å². The molecule has 0 radical (unpaired) electrons. The number of allylic oxidation sites excluding steroid dienone is 2. The van der Waals surface area contributed by atoms with Gasteiger partial charge in [0.15, 0.2) is 0 Å². The van der Waals surface area contributed by atoms with E-state index < -0.39 is 0 Å². The second kappa shape index (κ2) is 17.0. The first-order chi connectivity index (χ1) is 28.8. The predicted octanol–water partition coefficient (Wildman–Crippen LogP) is 15.7. The van der Waals surface area contributed by atoms with Crippen molar-refractivity contribution in [1.82, 2.24) is 0 Å². The van der Waals surface area contributed by atoms with Crippen LogP contribution in [-0.4, -0.2) is 0 Å². The van der Waals surface area contributed by atoms with Gasteiger partial charge in [0.25, 0.3) is 0 Å². The topological polar surface area (TPSA) is 6.48 Å². The summed E-state index contributed by atoms with van der Waals surface area (Å²) in [6, 6.07) is 82.1. The van der Waals surface area contributed by atoms with E-state index in [4.69, 9.17) is 0 Å². The maximum absolute atomic E-state index is 2.38. The lowest BCUT2D eigenvalue weighted by atomic mass is 9.92. The maximum Gasteiger partial charge on any atom is 0.0540 e. The summed E-state index contributed by atoms with van der Waals surface area (Å²) in [5.74, 6) is 0. The van der Waals surface area contributed by atoms with Crippen molar-refractivity contribution in [2.24, 2.45) is 0 Å². The molecule has 2 heteroatoms. The number of anilines is 5. The first kappa shape index (κ1) is 36.0. The lowest BCUT2D eigenvalue weighted by Crippen LogP contribution is -2.10. The number of fused-ring (bicyclic) bond motifs is 1. The van der Waals surface area contributed by atoms with Gasteiger partial charge in [0.1, 0.15) is 0 Å². The summed E-state index contributed by atoms with van der Waals surface area (Å²) in [5, 5.41) is 2.43. The van der Waals surface area contributed by atoms with E-state index in [1.165, 1.54) is 49.7 Å². The highest BCUT2D eigenvalue weighted by atomic mass is 15.1. The van der Waals surface area contributed by atoms with Crippen molar-refractivity contribution in [2.75, 3.05) is 9.80 Å². The van der Waals surface area contributed by atoms with Gasteiger partial charge in [-0.25, -0.2) is 0 Å². The first-order valence-corrected chi connectivity index (χ1v) is 19.8. The predicted molar refractivity (Wildman–Crippen MR) is 248 cm³/mol. The summed E-state index contributed by atoms with van der Waals surface area (Å²) in [4.78, 5) is 4.59. The summed E-state index contributed by atoms with van der Waals surface area (Å²) in [6.07, 6.45) is 8.42. The minimum absolute atomic E-state index is 1.09. The molecule has 0 aliphatic heterocycles. The Morgan fingerprint density at radius 2 is 0.845 bits per heavy atom. The number of rotatable bonds is 11. The number of para-hydroxylation sites is 2. The van der Waals surface area contributed by atoms with Crippen LogP contribution in [0.5, 0.6) is 0 Å². The first-order valence-electron chi connectivity index (χ1n) is 19.8. The number of hydrogen-bond acceptors (Lipinski definition) is 2. The molecule has 0 aliphatic rings. The second-order valence-corrected chi connectivity index (χ2v) is 14.2. The van der Waals surface area contributed by atoms with Crippen molar-refractivity contribution in [2.45, 2.75) is 0 Å². The van der Waals surface area contributed by atoms with Gasteiger partial charge in [0, 0.05) is 34.3 Å². The maximum atomic E-state index is 2.38. The van der Waals surface area contributed by atoms with Gasteiger partial charge in [-0.05, 0) is 105 Å². The van der Waals surface area contributed by atoms with Gasteiger partial charge in [-0.3, -0.25) is 0 Å². The molecule has 0 N–H and O–H groups in total. The summed E-state index contributed by atoms with van der Waals surface area (Å²) in [5.41, 5.74) is 13.8. The molecule has 9 aromatic rings. The van der Waals surface area contributed by atoms with Crippen molar-refractivity contribution < 1.29 is 0 Å². The van der Waals surface area contributed by atoms with Gasteiger partial charge >= 0.3 is 0 Å². The third-order valence-corrected chi connectivity index (χ3v) is 10.5. The van der Waals surface area contributed by atoms with Crippen LogP contribution in [0.1, 0.15) is 5.56 Å². The van der Waals surface area contributed by atoms with E-state index in [0.717, 1.165) is 28.4 Å². The van der Waals surface area contributed by atoms with E-state index in [1.54, 1.807) is 0 Å². The lowest BCUT2D eigenvalue weighted by Gasteiger charge is -2.28. The van der Waals surface area contributed by atoms with Crippen molar-refractivity contribution in [3.05, 3.63) is 254 Å². The smallest absolute Gasteiger partial charge is 0.0540 e. The van der Waals surface area contributed by atoms with Gasteiger partial charge in [0.05, 0.1) is 5.69 Å². The third-order valence-electron chi connectivity index (χ3n) is 10.5. The molecule has 0 spiro atoms. The van der Waals surface area contributed by atoms with E-state index in [0.29, 0.717) is 0 Å². The fourth-order valence-electron chi connectivity index (χ4n) is 7.62. The zero-order valence-electron chi connectivity index (χ0n) is 32.1. The van der Waals surface area contributed by atoms with E-state index in [-0.39, 0.29) is 0 Å². The summed E-state index contributed by atoms with van der Waals surface area (Å²) >= 11 is 0. The Labute approximate surface area is 341 Å². The monoisotopic (exact) mass is 742 g/mol. The minimum Gasteiger partial charge on any atom is -0.317 e. The SMILES string of the molecule is C(=C/c1ccccc1)/C=C/N(c1ccccc1)c1ccc(-c2ccc(-c3ccc(N(c4ccccc4)c4cccc5ccccc45)cc3-c3ccccc3)cc2)cc1. The third kappa shape index (κ3) is 7.86. The molecule has 0 fully saturated rings. The number of hydrogen-bond donors (Lipinski definition) is 0. The minimum atomic E-state index is 1.09. The zero-order valence-corrected chi connectivity index (χ0v) is 32.1. The molecule has 0 saturated carbocycles. The standard InChI is InChI=1S/C56H42N2/c1-5-18-43(19-6-1)20-15-16-41-57(49-25-9-3-10-26-49)50-37-35-45(36-38-50)44-31-33-48(34-32-44)53-40-39-52(42-55(53)47-21-7-2-8-22-47)58(51-27-11-4-12-28-51)56-30-17-24-46-23-13-14-29-54(46)56/h1-42H/b20-15-,41-16+. The molecule has 9 rings (SSSR count). The largest absolute Gasteiger partial charge is 0.317 e. The lowest BCUT2D eigenvalue weighted by molar-refractivity contribution is 1.28. The van der Waals surface area contributed by atoms with Crippen LogP contribution in [0.2, 0.25) is 0 Å². The summed E-state index contributed by atoms with van der Waals surface area (Å²) in [7, 11) is 0. The number of benzene rings is 9. The summed E-state index contributed by atoms with van der Waals surface area (Å²) < 4.78 is 0. The average Bonchev–Trinajstić information content (AvgIpc) is 3.31. The molecule has 58 heavy (non-hydrogen) atoms. The summed E-state index contributed by atoms with van der Waals surface area (Å²) in [6.45, 7) is 0. The molecule has 2 nitrogen and oxygen atoms in total. The molecule has 0 aliphatic carbocycles. The Kier molecular flexibility index (Phi) is 10.5. The van der Waals surface area contributed by atoms with Crippen molar-refractivity contribution in [1.29, 1.82) is 0 Å². The molecule has 0 amide bonds. The molecule has 9 aromatic carbocycles. The van der Waals surface area contributed by atoms with Crippen molar-refractivity contribution in [3.63, 3.8) is 0 Å². The number of nitrogens with zero attached hydrogens (tertiary/aromatic N) is 2. The molecule has 0 unspecified atom stereocenters. The highest BCUT2D eigenvalue weighted by Gasteiger charge is 2.18. The Balaban J connectivity index is 1.04. The quantitative estimate of drug-likeness (QED) is 0.122. The fourth-order valence-corrected chi connectivity index (χ4v) is 7.62. The van der Waals surface area contributed by atoms with Gasteiger partial charge in [-0.15, -0.1) is 0 Å². The Hall–Kier alpha value is -7.68. The Morgan fingerprint density at radius 1 is 0.328 bits per heavy atom. The molecular weight excluding hydrogens is 701 g/mol. The van der Waals surface area contributed by atoms with Crippen LogP contribution in [-0.2, 0) is 0 Å². The Bertz CT molecular complexity index is 2790. The van der Waals surface area contributed by atoms with E-state index in [1.807, 2.05) is 6.07 Å². The van der Waals surface area contributed by atoms with E-state index in [2.05, 4.69) is 259 Å². The highest BCUT2D eigenvalue weighted by molar-refractivity contribution is 6.00.